The Morgan fingerprint density at radius 1 is 1.32 bits per heavy atom. The Hall–Kier alpha value is -2.84. The van der Waals surface area contributed by atoms with Gasteiger partial charge in [0.25, 0.3) is 0 Å². The van der Waals surface area contributed by atoms with Crippen LogP contribution < -0.4 is 5.32 Å². The van der Waals surface area contributed by atoms with Gasteiger partial charge in [0.2, 0.25) is 0 Å². The highest BCUT2D eigenvalue weighted by molar-refractivity contribution is 5.85. The first-order valence-corrected chi connectivity index (χ1v) is 9.00. The zero-order valence-corrected chi connectivity index (χ0v) is 15.5. The molecule has 0 atom stereocenters. The first-order valence-electron chi connectivity index (χ1n) is 9.00. The van der Waals surface area contributed by atoms with Crippen LogP contribution in [-0.4, -0.2) is 32.9 Å². The van der Waals surface area contributed by atoms with Gasteiger partial charge in [0.05, 0.1) is 11.7 Å². The Balaban J connectivity index is 1.84. The molecule has 1 N–H and O–H groups in total. The van der Waals surface area contributed by atoms with Crippen molar-refractivity contribution in [2.24, 2.45) is 0 Å². The summed E-state index contributed by atoms with van der Waals surface area (Å²) in [6, 6.07) is 3.91. The van der Waals surface area contributed by atoms with Gasteiger partial charge in [0, 0.05) is 29.6 Å². The molecule has 3 rings (SSSR count). The van der Waals surface area contributed by atoms with Gasteiger partial charge >= 0.3 is 12.1 Å². The Kier molecular flexibility index (Phi) is 5.71. The molecule has 2 aromatic rings. The molecule has 6 nitrogen and oxygen atoms in total. The number of nitrogens with one attached hydrogen (secondary N) is 1. The fourth-order valence-corrected chi connectivity index (χ4v) is 2.68. The molecule has 1 aromatic heterocycles. The normalized spacial score (nSPS) is 15.1. The fraction of sp³-hybridized carbons (Fsp3) is 0.421. The summed E-state index contributed by atoms with van der Waals surface area (Å²) in [6.07, 6.45) is 2.04. The van der Waals surface area contributed by atoms with Crippen LogP contribution in [0.2, 0.25) is 0 Å². The number of halogens is 3. The molecule has 0 saturated heterocycles. The molecule has 1 aromatic carbocycles. The number of anilines is 1. The second-order valence-electron chi connectivity index (χ2n) is 6.92. The molecular weight excluding hydrogens is 373 g/mol. The van der Waals surface area contributed by atoms with Gasteiger partial charge < -0.3 is 10.1 Å². The van der Waals surface area contributed by atoms with Crippen molar-refractivity contribution in [3.05, 3.63) is 36.2 Å². The van der Waals surface area contributed by atoms with E-state index in [0.717, 1.165) is 31.4 Å². The molecule has 1 heterocycles. The van der Waals surface area contributed by atoms with Gasteiger partial charge in [-0.2, -0.15) is 13.2 Å². The quantitative estimate of drug-likeness (QED) is 0.583. The lowest BCUT2D eigenvalue weighted by Gasteiger charge is -2.28. The molecule has 0 amide bonds. The number of carbonyl (C=O) groups excluding carboxylic acids is 1. The zero-order chi connectivity index (χ0) is 20.3. The lowest BCUT2D eigenvalue weighted by atomic mass is 9.92. The van der Waals surface area contributed by atoms with Gasteiger partial charge in [0.1, 0.15) is 6.33 Å². The predicted octanol–water partition coefficient (Wildman–Crippen LogP) is 4.35. The van der Waals surface area contributed by atoms with Crippen molar-refractivity contribution < 1.29 is 22.7 Å². The molecule has 1 fully saturated rings. The molecule has 0 bridgehead atoms. The number of alkyl halides is 3. The average molecular weight is 394 g/mol. The smallest absolute Gasteiger partial charge is 0.416 e. The van der Waals surface area contributed by atoms with E-state index in [9.17, 15) is 18.0 Å². The third-order valence-corrected chi connectivity index (χ3v) is 4.22. The van der Waals surface area contributed by atoms with Gasteiger partial charge in [-0.15, -0.1) is 5.10 Å². The van der Waals surface area contributed by atoms with E-state index in [1.165, 1.54) is 23.3 Å². The molecular formula is C19H21F3N4O2. The second kappa shape index (κ2) is 8.04. The maximum Gasteiger partial charge on any atom is 0.416 e. The summed E-state index contributed by atoms with van der Waals surface area (Å²) in [5, 5.41) is 7.25. The number of ether oxygens (including phenoxy) is 1. The van der Waals surface area contributed by atoms with E-state index in [1.54, 1.807) is 19.9 Å². The minimum Gasteiger partial charge on any atom is -0.460 e. The van der Waals surface area contributed by atoms with Crippen LogP contribution in [0.1, 0.15) is 38.7 Å². The molecule has 1 aliphatic rings. The Labute approximate surface area is 160 Å². The summed E-state index contributed by atoms with van der Waals surface area (Å²) >= 11 is 0. The third kappa shape index (κ3) is 5.11. The Morgan fingerprint density at radius 3 is 2.68 bits per heavy atom. The van der Waals surface area contributed by atoms with E-state index < -0.39 is 17.7 Å². The maximum absolute atomic E-state index is 13.3. The molecule has 150 valence electrons. The zero-order valence-electron chi connectivity index (χ0n) is 15.5. The fourth-order valence-electron chi connectivity index (χ4n) is 2.68. The minimum absolute atomic E-state index is 0.129. The number of aromatic nitrogens is 3. The van der Waals surface area contributed by atoms with Crippen molar-refractivity contribution in [1.82, 2.24) is 14.8 Å². The van der Waals surface area contributed by atoms with Crippen LogP contribution in [0.5, 0.6) is 0 Å². The Morgan fingerprint density at radius 2 is 2.07 bits per heavy atom. The highest BCUT2D eigenvalue weighted by Gasteiger charge is 2.32. The van der Waals surface area contributed by atoms with Crippen LogP contribution in [0.4, 0.5) is 18.9 Å². The summed E-state index contributed by atoms with van der Waals surface area (Å²) in [6.45, 7) is 3.45. The van der Waals surface area contributed by atoms with Gasteiger partial charge in [-0.3, -0.25) is 0 Å². The highest BCUT2D eigenvalue weighted by Crippen LogP contribution is 2.35. The van der Waals surface area contributed by atoms with Crippen LogP contribution in [-0.2, 0) is 15.7 Å². The maximum atomic E-state index is 13.3. The van der Waals surface area contributed by atoms with Gasteiger partial charge in [-0.25, -0.2) is 14.5 Å². The largest absolute Gasteiger partial charge is 0.460 e. The van der Waals surface area contributed by atoms with Crippen LogP contribution >= 0.6 is 0 Å². The van der Waals surface area contributed by atoms with E-state index >= 15 is 0 Å². The predicted molar refractivity (Wildman–Crippen MR) is 98.3 cm³/mol. The lowest BCUT2D eigenvalue weighted by Crippen LogP contribution is -2.27. The summed E-state index contributed by atoms with van der Waals surface area (Å²) in [5.74, 6) is -0.414. The van der Waals surface area contributed by atoms with Crippen molar-refractivity contribution in [1.29, 1.82) is 0 Å². The molecule has 28 heavy (non-hydrogen) atoms. The third-order valence-electron chi connectivity index (χ3n) is 4.22. The number of hydrogen-bond donors (Lipinski definition) is 1. The van der Waals surface area contributed by atoms with Crippen molar-refractivity contribution in [3.63, 3.8) is 0 Å². The molecule has 0 unspecified atom stereocenters. The SMILES string of the molecule is CC(C)OC(=O)C=Cn1cnc(-c2cc(NC3CCC3)cc(C(F)(F)F)c2)n1. The van der Waals surface area contributed by atoms with Crippen molar-refractivity contribution >= 4 is 17.9 Å². The number of benzene rings is 1. The van der Waals surface area contributed by atoms with Crippen LogP contribution in [0.15, 0.2) is 30.6 Å². The molecule has 0 aliphatic heterocycles. The molecule has 9 heteroatoms. The second-order valence-corrected chi connectivity index (χ2v) is 6.92. The number of hydrogen-bond acceptors (Lipinski definition) is 5. The standard InChI is InChI=1S/C19H21F3N4O2/c1-12(2)28-17(27)6-7-26-11-23-18(25-26)13-8-14(19(20,21)22)10-16(9-13)24-15-4-3-5-15/h6-12,15,24H,3-5H2,1-2H3. The summed E-state index contributed by atoms with van der Waals surface area (Å²) < 4.78 is 46.0. The molecule has 0 radical (unpaired) electrons. The topological polar surface area (TPSA) is 69.0 Å². The monoisotopic (exact) mass is 394 g/mol. The molecule has 1 aliphatic carbocycles. The van der Waals surface area contributed by atoms with Crippen LogP contribution in [0, 0.1) is 0 Å². The van der Waals surface area contributed by atoms with E-state index in [-0.39, 0.29) is 23.5 Å². The van der Waals surface area contributed by atoms with E-state index in [0.29, 0.717) is 5.69 Å². The molecule has 1 saturated carbocycles. The first-order chi connectivity index (χ1) is 13.2. The van der Waals surface area contributed by atoms with Crippen molar-refractivity contribution in [3.8, 4) is 11.4 Å². The van der Waals surface area contributed by atoms with E-state index in [4.69, 9.17) is 4.74 Å². The minimum atomic E-state index is -4.48. The Bertz CT molecular complexity index is 870. The summed E-state index contributed by atoms with van der Waals surface area (Å²) in [5.41, 5.74) is -0.130. The lowest BCUT2D eigenvalue weighted by molar-refractivity contribution is -0.141. The van der Waals surface area contributed by atoms with Crippen molar-refractivity contribution in [2.45, 2.75) is 51.4 Å². The summed E-state index contributed by atoms with van der Waals surface area (Å²) in [7, 11) is 0. The first kappa shape index (κ1) is 19.9. The number of esters is 1. The van der Waals surface area contributed by atoms with Gasteiger partial charge in [-0.05, 0) is 51.3 Å². The van der Waals surface area contributed by atoms with E-state index in [2.05, 4.69) is 15.4 Å². The van der Waals surface area contributed by atoms with Gasteiger partial charge in [-0.1, -0.05) is 0 Å². The number of rotatable bonds is 6. The van der Waals surface area contributed by atoms with Crippen molar-refractivity contribution in [2.75, 3.05) is 5.32 Å². The number of nitrogens with zero attached hydrogens (tertiary/aromatic N) is 3. The average Bonchev–Trinajstić information content (AvgIpc) is 3.04. The van der Waals surface area contributed by atoms with Crippen LogP contribution in [0.3, 0.4) is 0 Å². The highest BCUT2D eigenvalue weighted by atomic mass is 19.4. The number of carbonyl (C=O) groups is 1. The summed E-state index contributed by atoms with van der Waals surface area (Å²) in [4.78, 5) is 15.6. The van der Waals surface area contributed by atoms with Crippen LogP contribution in [0.25, 0.3) is 17.6 Å². The van der Waals surface area contributed by atoms with Gasteiger partial charge in [0.15, 0.2) is 5.82 Å². The van der Waals surface area contributed by atoms with E-state index in [1.807, 2.05) is 0 Å². The molecule has 0 spiro atoms.